The number of rotatable bonds is 5. The molecule has 0 fully saturated rings. The van der Waals surface area contributed by atoms with Gasteiger partial charge in [0.2, 0.25) is 20.9 Å². The molecule has 0 bridgehead atoms. The molecule has 0 aliphatic rings. The number of para-hydroxylation sites is 1. The molecule has 2 aromatic heterocycles. The van der Waals surface area contributed by atoms with E-state index in [4.69, 9.17) is 0 Å². The van der Waals surface area contributed by atoms with Gasteiger partial charge in [0, 0.05) is 33.3 Å². The summed E-state index contributed by atoms with van der Waals surface area (Å²) in [5, 5.41) is 2.24. The van der Waals surface area contributed by atoms with E-state index >= 15 is 0 Å². The molecule has 0 saturated carbocycles. The molecule has 1 N–H and O–H groups in total. The van der Waals surface area contributed by atoms with Gasteiger partial charge >= 0.3 is 5.69 Å². The van der Waals surface area contributed by atoms with Gasteiger partial charge in [-0.25, -0.2) is 18.2 Å². The zero-order chi connectivity index (χ0) is 20.6. The van der Waals surface area contributed by atoms with Crippen LogP contribution in [0.2, 0.25) is 0 Å². The van der Waals surface area contributed by atoms with Crippen LogP contribution in [-0.4, -0.2) is 38.8 Å². The number of carbonyl (C=O) groups is 1. The third-order valence-corrected chi connectivity index (χ3v) is 6.02. The SMILES string of the molecule is Cn1c(=O)c2nc(S(=O)(=O)CCC(=O)Nc3ccccc3)n(C)c2n(C)c1=O. The predicted molar refractivity (Wildman–Crippen MR) is 103 cm³/mol. The van der Waals surface area contributed by atoms with Crippen LogP contribution >= 0.6 is 0 Å². The molecular formula is C17H19N5O5S. The molecule has 11 heteroatoms. The second kappa shape index (κ2) is 7.08. The van der Waals surface area contributed by atoms with Crippen molar-refractivity contribution in [3.05, 3.63) is 51.2 Å². The number of aromatic nitrogens is 4. The van der Waals surface area contributed by atoms with E-state index in [1.54, 1.807) is 30.3 Å². The van der Waals surface area contributed by atoms with Gasteiger partial charge < -0.3 is 9.88 Å². The number of benzene rings is 1. The molecule has 28 heavy (non-hydrogen) atoms. The van der Waals surface area contributed by atoms with Crippen LogP contribution in [0.1, 0.15) is 6.42 Å². The van der Waals surface area contributed by atoms with E-state index in [0.717, 1.165) is 9.13 Å². The Morgan fingerprint density at radius 3 is 2.32 bits per heavy atom. The van der Waals surface area contributed by atoms with Gasteiger partial charge in [-0.1, -0.05) is 18.2 Å². The summed E-state index contributed by atoms with van der Waals surface area (Å²) in [4.78, 5) is 40.4. The van der Waals surface area contributed by atoms with Gasteiger partial charge in [0.1, 0.15) is 0 Å². The van der Waals surface area contributed by atoms with E-state index < -0.39 is 32.7 Å². The molecule has 3 aromatic rings. The van der Waals surface area contributed by atoms with Crippen LogP contribution in [-0.2, 0) is 35.8 Å². The Bertz CT molecular complexity index is 1290. The highest BCUT2D eigenvalue weighted by Crippen LogP contribution is 2.16. The Hall–Kier alpha value is -3.21. The number of fused-ring (bicyclic) bond motifs is 1. The van der Waals surface area contributed by atoms with Crippen LogP contribution in [0.25, 0.3) is 11.2 Å². The number of nitrogens with one attached hydrogen (secondary N) is 1. The average Bonchev–Trinajstić information content (AvgIpc) is 3.02. The van der Waals surface area contributed by atoms with Crippen LogP contribution in [0.5, 0.6) is 0 Å². The normalized spacial score (nSPS) is 11.7. The van der Waals surface area contributed by atoms with Crippen molar-refractivity contribution in [2.45, 2.75) is 11.6 Å². The fourth-order valence-electron chi connectivity index (χ4n) is 2.90. The Morgan fingerprint density at radius 2 is 1.68 bits per heavy atom. The number of sulfone groups is 1. The molecular weight excluding hydrogens is 386 g/mol. The minimum Gasteiger partial charge on any atom is -0.326 e. The first kappa shape index (κ1) is 19.5. The number of amides is 1. The van der Waals surface area contributed by atoms with Crippen LogP contribution in [0, 0.1) is 0 Å². The molecule has 1 amide bonds. The molecule has 0 spiro atoms. The molecule has 0 aliphatic heterocycles. The lowest BCUT2D eigenvalue weighted by Crippen LogP contribution is -2.37. The lowest BCUT2D eigenvalue weighted by Gasteiger charge is -2.07. The summed E-state index contributed by atoms with van der Waals surface area (Å²) < 4.78 is 28.6. The number of aryl methyl sites for hydroxylation is 2. The molecule has 0 atom stereocenters. The standard InChI is InChI=1S/C17H19N5O5S/c1-20-14-13(15(24)22(3)17(25)21(14)2)19-16(20)28(26,27)10-9-12(23)18-11-7-5-4-6-8-11/h4-8H,9-10H2,1-3H3,(H,18,23). The molecule has 0 radical (unpaired) electrons. The quantitative estimate of drug-likeness (QED) is 0.625. The van der Waals surface area contributed by atoms with Gasteiger partial charge in [-0.05, 0) is 12.1 Å². The van der Waals surface area contributed by atoms with Crippen molar-refractivity contribution in [3.63, 3.8) is 0 Å². The Balaban J connectivity index is 1.91. The summed E-state index contributed by atoms with van der Waals surface area (Å²) in [5.41, 5.74) is -0.741. The highest BCUT2D eigenvalue weighted by Gasteiger charge is 2.26. The second-order valence-electron chi connectivity index (χ2n) is 6.31. The van der Waals surface area contributed by atoms with Gasteiger partial charge in [-0.15, -0.1) is 0 Å². The number of anilines is 1. The van der Waals surface area contributed by atoms with Gasteiger partial charge in [-0.2, -0.15) is 0 Å². The Morgan fingerprint density at radius 1 is 1.04 bits per heavy atom. The molecule has 1 aromatic carbocycles. The molecule has 10 nitrogen and oxygen atoms in total. The maximum atomic E-state index is 12.7. The summed E-state index contributed by atoms with van der Waals surface area (Å²) in [6, 6.07) is 8.67. The predicted octanol–water partition coefficient (Wildman–Crippen LogP) is -0.227. The highest BCUT2D eigenvalue weighted by molar-refractivity contribution is 7.91. The number of imidazole rings is 1. The Labute approximate surface area is 160 Å². The van der Waals surface area contributed by atoms with Crippen LogP contribution in [0.3, 0.4) is 0 Å². The van der Waals surface area contributed by atoms with E-state index in [2.05, 4.69) is 10.3 Å². The zero-order valence-corrected chi connectivity index (χ0v) is 16.4. The van der Waals surface area contributed by atoms with E-state index in [9.17, 15) is 22.8 Å². The minimum absolute atomic E-state index is 0.0976. The third kappa shape index (κ3) is 3.36. The molecule has 148 valence electrons. The number of hydrogen-bond donors (Lipinski definition) is 1. The maximum Gasteiger partial charge on any atom is 0.332 e. The topological polar surface area (TPSA) is 125 Å². The lowest BCUT2D eigenvalue weighted by atomic mass is 10.3. The minimum atomic E-state index is -3.97. The van der Waals surface area contributed by atoms with Crippen molar-refractivity contribution in [3.8, 4) is 0 Å². The molecule has 0 saturated heterocycles. The largest absolute Gasteiger partial charge is 0.332 e. The zero-order valence-electron chi connectivity index (χ0n) is 15.5. The van der Waals surface area contributed by atoms with E-state index in [1.807, 2.05) is 0 Å². The fraction of sp³-hybridized carbons (Fsp3) is 0.294. The van der Waals surface area contributed by atoms with Crippen molar-refractivity contribution >= 4 is 32.6 Å². The van der Waals surface area contributed by atoms with Crippen molar-refractivity contribution < 1.29 is 13.2 Å². The van der Waals surface area contributed by atoms with Crippen molar-refractivity contribution in [2.75, 3.05) is 11.1 Å². The van der Waals surface area contributed by atoms with Gasteiger partial charge in [0.05, 0.1) is 5.75 Å². The fourth-order valence-corrected chi connectivity index (χ4v) is 4.27. The average molecular weight is 405 g/mol. The molecule has 0 aliphatic carbocycles. The third-order valence-electron chi connectivity index (χ3n) is 4.36. The first-order valence-corrected chi connectivity index (χ1v) is 9.99. The maximum absolute atomic E-state index is 12.7. The second-order valence-corrected chi connectivity index (χ2v) is 8.32. The summed E-state index contributed by atoms with van der Waals surface area (Å²) in [6.07, 6.45) is -0.280. The summed E-state index contributed by atoms with van der Waals surface area (Å²) in [6.45, 7) is 0. The smallest absolute Gasteiger partial charge is 0.326 e. The summed E-state index contributed by atoms with van der Waals surface area (Å²) in [7, 11) is 0.155. The molecule has 2 heterocycles. The molecule has 3 rings (SSSR count). The lowest BCUT2D eigenvalue weighted by molar-refractivity contribution is -0.115. The number of hydrogen-bond acceptors (Lipinski definition) is 6. The summed E-state index contributed by atoms with van der Waals surface area (Å²) >= 11 is 0. The Kier molecular flexibility index (Phi) is 4.94. The number of carbonyl (C=O) groups excluding carboxylic acids is 1. The molecule has 0 unspecified atom stereocenters. The van der Waals surface area contributed by atoms with Gasteiger partial charge in [0.15, 0.2) is 11.2 Å². The first-order chi connectivity index (χ1) is 13.1. The van der Waals surface area contributed by atoms with Crippen molar-refractivity contribution in [1.82, 2.24) is 18.7 Å². The van der Waals surface area contributed by atoms with Crippen molar-refractivity contribution in [1.29, 1.82) is 0 Å². The van der Waals surface area contributed by atoms with Gasteiger partial charge in [0.25, 0.3) is 5.56 Å². The number of nitrogens with zero attached hydrogens (tertiary/aromatic N) is 4. The monoisotopic (exact) mass is 405 g/mol. The highest BCUT2D eigenvalue weighted by atomic mass is 32.2. The summed E-state index contributed by atoms with van der Waals surface area (Å²) in [5.74, 6) is -0.950. The van der Waals surface area contributed by atoms with Crippen LogP contribution < -0.4 is 16.6 Å². The first-order valence-electron chi connectivity index (χ1n) is 8.33. The van der Waals surface area contributed by atoms with Crippen LogP contribution in [0.15, 0.2) is 45.1 Å². The van der Waals surface area contributed by atoms with Crippen molar-refractivity contribution in [2.24, 2.45) is 21.1 Å². The van der Waals surface area contributed by atoms with E-state index in [1.165, 1.54) is 25.7 Å². The van der Waals surface area contributed by atoms with Crippen LogP contribution in [0.4, 0.5) is 5.69 Å². The van der Waals surface area contributed by atoms with E-state index in [-0.39, 0.29) is 22.7 Å². The van der Waals surface area contributed by atoms with E-state index in [0.29, 0.717) is 5.69 Å². The van der Waals surface area contributed by atoms with Gasteiger partial charge in [-0.3, -0.25) is 18.7 Å².